The standard InChI is InChI=1S/C28H32Cl2F3NO2/c1-5-14-26(3)17-23(19-8-7-9-21(30)15-19)24(18-10-12-20(29)13-11-18)34(25(26)35)22(6-2)16-27(4,36)28(31,32)33/h5,7-13,15,22-24,36H,1,6,14,16-17H2,2-4H3/t22-,23+,24+,26-,27-/m0/s1. The molecule has 2 aromatic carbocycles. The van der Waals surface area contributed by atoms with Crippen molar-refractivity contribution < 1.29 is 23.1 Å². The highest BCUT2D eigenvalue weighted by Crippen LogP contribution is 2.53. The molecule has 5 atom stereocenters. The summed E-state index contributed by atoms with van der Waals surface area (Å²) in [6.45, 7) is 8.14. The molecule has 1 amide bonds. The average molecular weight is 542 g/mol. The molecule has 0 saturated carbocycles. The Bertz CT molecular complexity index is 1090. The van der Waals surface area contributed by atoms with Gasteiger partial charge in [0.05, 0.1) is 11.5 Å². The maximum Gasteiger partial charge on any atom is 0.416 e. The van der Waals surface area contributed by atoms with Crippen LogP contribution >= 0.6 is 23.2 Å². The minimum absolute atomic E-state index is 0.231. The number of amides is 1. The molecule has 0 aromatic heterocycles. The minimum atomic E-state index is -4.84. The molecule has 1 N–H and O–H groups in total. The van der Waals surface area contributed by atoms with Gasteiger partial charge in [0.15, 0.2) is 5.60 Å². The molecule has 2 aromatic rings. The number of carbonyl (C=O) groups is 1. The topological polar surface area (TPSA) is 40.5 Å². The van der Waals surface area contributed by atoms with Crippen molar-refractivity contribution in [3.05, 3.63) is 82.4 Å². The van der Waals surface area contributed by atoms with Crippen LogP contribution in [0, 0.1) is 5.41 Å². The number of alkyl halides is 3. The normalized spacial score (nSPS) is 25.4. The highest BCUT2D eigenvalue weighted by atomic mass is 35.5. The van der Waals surface area contributed by atoms with Crippen LogP contribution in [0.4, 0.5) is 13.2 Å². The van der Waals surface area contributed by atoms with E-state index in [0.29, 0.717) is 22.9 Å². The first-order valence-electron chi connectivity index (χ1n) is 12.0. The molecule has 196 valence electrons. The van der Waals surface area contributed by atoms with E-state index in [1.165, 1.54) is 0 Å². The Morgan fingerprint density at radius 1 is 1.17 bits per heavy atom. The zero-order valence-electron chi connectivity index (χ0n) is 20.7. The van der Waals surface area contributed by atoms with E-state index in [-0.39, 0.29) is 18.2 Å². The number of likely N-dealkylation sites (tertiary alicyclic amines) is 1. The first kappa shape index (κ1) is 28.5. The third-order valence-electron chi connectivity index (χ3n) is 7.29. The zero-order chi connectivity index (χ0) is 26.9. The van der Waals surface area contributed by atoms with E-state index in [4.69, 9.17) is 23.2 Å². The summed E-state index contributed by atoms with van der Waals surface area (Å²) < 4.78 is 41.2. The zero-order valence-corrected chi connectivity index (χ0v) is 22.2. The smallest absolute Gasteiger partial charge is 0.381 e. The third-order valence-corrected chi connectivity index (χ3v) is 7.78. The maximum absolute atomic E-state index is 14.1. The lowest BCUT2D eigenvalue weighted by molar-refractivity contribution is -0.259. The summed E-state index contributed by atoms with van der Waals surface area (Å²) in [4.78, 5) is 15.7. The monoisotopic (exact) mass is 541 g/mol. The number of allylic oxidation sites excluding steroid dienone is 1. The van der Waals surface area contributed by atoms with Gasteiger partial charge in [-0.2, -0.15) is 13.2 Å². The van der Waals surface area contributed by atoms with Gasteiger partial charge in [-0.3, -0.25) is 4.79 Å². The van der Waals surface area contributed by atoms with Gasteiger partial charge in [0.2, 0.25) is 5.91 Å². The van der Waals surface area contributed by atoms with Crippen LogP contribution < -0.4 is 0 Å². The second-order valence-electron chi connectivity index (χ2n) is 10.2. The van der Waals surface area contributed by atoms with Crippen LogP contribution in [-0.2, 0) is 4.79 Å². The van der Waals surface area contributed by atoms with Crippen LogP contribution in [0.15, 0.2) is 61.2 Å². The van der Waals surface area contributed by atoms with Gasteiger partial charge in [-0.05, 0) is 61.6 Å². The minimum Gasteiger partial charge on any atom is -0.381 e. The summed E-state index contributed by atoms with van der Waals surface area (Å²) >= 11 is 12.5. The first-order valence-corrected chi connectivity index (χ1v) is 12.7. The number of rotatable bonds is 8. The molecule has 0 radical (unpaired) electrons. The summed E-state index contributed by atoms with van der Waals surface area (Å²) in [5.74, 6) is -0.525. The second kappa shape index (κ2) is 10.8. The van der Waals surface area contributed by atoms with Gasteiger partial charge in [0.1, 0.15) is 0 Å². The number of aliphatic hydroxyl groups is 1. The van der Waals surface area contributed by atoms with Crippen LogP contribution in [-0.4, -0.2) is 33.7 Å². The predicted octanol–water partition coefficient (Wildman–Crippen LogP) is 8.12. The summed E-state index contributed by atoms with van der Waals surface area (Å²) in [5.41, 5.74) is -2.22. The van der Waals surface area contributed by atoms with Crippen molar-refractivity contribution in [1.29, 1.82) is 0 Å². The van der Waals surface area contributed by atoms with Crippen molar-refractivity contribution >= 4 is 29.1 Å². The third kappa shape index (κ3) is 5.76. The lowest BCUT2D eigenvalue weighted by Crippen LogP contribution is -2.58. The number of hydrogen-bond acceptors (Lipinski definition) is 2. The van der Waals surface area contributed by atoms with Crippen molar-refractivity contribution in [2.45, 2.75) is 76.2 Å². The second-order valence-corrected chi connectivity index (χ2v) is 11.0. The molecular weight excluding hydrogens is 510 g/mol. The Morgan fingerprint density at radius 3 is 2.33 bits per heavy atom. The van der Waals surface area contributed by atoms with E-state index in [1.54, 1.807) is 48.2 Å². The fourth-order valence-electron chi connectivity index (χ4n) is 5.30. The summed E-state index contributed by atoms with van der Waals surface area (Å²) in [6.07, 6.45) is -2.77. The van der Waals surface area contributed by atoms with Gasteiger partial charge in [0, 0.05) is 28.4 Å². The van der Waals surface area contributed by atoms with Crippen LogP contribution in [0.2, 0.25) is 10.0 Å². The lowest BCUT2D eigenvalue weighted by Gasteiger charge is -2.53. The summed E-state index contributed by atoms with van der Waals surface area (Å²) in [5, 5.41) is 11.4. The van der Waals surface area contributed by atoms with Gasteiger partial charge >= 0.3 is 6.18 Å². The maximum atomic E-state index is 14.1. The number of piperidine rings is 1. The lowest BCUT2D eigenvalue weighted by atomic mass is 9.66. The molecule has 1 fully saturated rings. The van der Waals surface area contributed by atoms with E-state index in [9.17, 15) is 23.1 Å². The van der Waals surface area contributed by atoms with Crippen LogP contribution in [0.1, 0.15) is 69.5 Å². The molecule has 0 spiro atoms. The van der Waals surface area contributed by atoms with Crippen LogP contribution in [0.5, 0.6) is 0 Å². The number of carbonyl (C=O) groups excluding carboxylic acids is 1. The van der Waals surface area contributed by atoms with Gasteiger partial charge in [0.25, 0.3) is 0 Å². The Hall–Kier alpha value is -2.02. The van der Waals surface area contributed by atoms with Crippen LogP contribution in [0.3, 0.4) is 0 Å². The first-order chi connectivity index (χ1) is 16.7. The Morgan fingerprint density at radius 2 is 1.81 bits per heavy atom. The quantitative estimate of drug-likeness (QED) is 0.343. The molecular formula is C28H32Cl2F3NO2. The van der Waals surface area contributed by atoms with Crippen LogP contribution in [0.25, 0.3) is 0 Å². The van der Waals surface area contributed by atoms with Crippen molar-refractivity contribution in [3.8, 4) is 0 Å². The van der Waals surface area contributed by atoms with Gasteiger partial charge < -0.3 is 10.0 Å². The van der Waals surface area contributed by atoms with E-state index in [1.807, 2.05) is 25.1 Å². The Balaban J connectivity index is 2.24. The molecule has 1 heterocycles. The number of halogens is 5. The number of hydrogen-bond donors (Lipinski definition) is 1. The highest BCUT2D eigenvalue weighted by Gasteiger charge is 2.55. The number of benzene rings is 2. The molecule has 0 unspecified atom stereocenters. The van der Waals surface area contributed by atoms with Gasteiger partial charge in [-0.25, -0.2) is 0 Å². The van der Waals surface area contributed by atoms with E-state index in [0.717, 1.165) is 18.1 Å². The summed E-state index contributed by atoms with van der Waals surface area (Å²) in [7, 11) is 0. The molecule has 8 heteroatoms. The largest absolute Gasteiger partial charge is 0.416 e. The van der Waals surface area contributed by atoms with Crippen molar-refractivity contribution in [2.75, 3.05) is 0 Å². The SMILES string of the molecule is C=CC[C@@]1(C)C[C@H](c2cccc(Cl)c2)[C@@H](c2ccc(Cl)cc2)N([C@@H](CC)C[C@](C)(O)C(F)(F)F)C1=O. The van der Waals surface area contributed by atoms with Crippen molar-refractivity contribution in [1.82, 2.24) is 4.90 Å². The molecule has 1 aliphatic heterocycles. The number of nitrogens with zero attached hydrogens (tertiary/aromatic N) is 1. The van der Waals surface area contributed by atoms with Crippen molar-refractivity contribution in [3.63, 3.8) is 0 Å². The molecule has 0 bridgehead atoms. The fraction of sp³-hybridized carbons (Fsp3) is 0.464. The average Bonchev–Trinajstić information content (AvgIpc) is 2.79. The van der Waals surface area contributed by atoms with E-state index >= 15 is 0 Å². The molecule has 3 nitrogen and oxygen atoms in total. The van der Waals surface area contributed by atoms with E-state index < -0.39 is 35.7 Å². The van der Waals surface area contributed by atoms with Gasteiger partial charge in [-0.15, -0.1) is 6.58 Å². The molecule has 1 aliphatic rings. The molecule has 36 heavy (non-hydrogen) atoms. The summed E-state index contributed by atoms with van der Waals surface area (Å²) in [6, 6.07) is 12.9. The highest BCUT2D eigenvalue weighted by molar-refractivity contribution is 6.30. The predicted molar refractivity (Wildman–Crippen MR) is 138 cm³/mol. The molecule has 1 saturated heterocycles. The molecule has 0 aliphatic carbocycles. The Labute approximate surface area is 220 Å². The molecule has 3 rings (SSSR count). The fourth-order valence-corrected chi connectivity index (χ4v) is 5.63. The van der Waals surface area contributed by atoms with E-state index in [2.05, 4.69) is 6.58 Å². The van der Waals surface area contributed by atoms with Crippen molar-refractivity contribution in [2.24, 2.45) is 5.41 Å². The Kier molecular flexibility index (Phi) is 8.54. The van der Waals surface area contributed by atoms with Gasteiger partial charge in [-0.1, -0.05) is 67.4 Å².